The van der Waals surface area contributed by atoms with Crippen LogP contribution in [0.2, 0.25) is 0 Å². The Morgan fingerprint density at radius 2 is 1.93 bits per heavy atom. The van der Waals surface area contributed by atoms with Crippen LogP contribution >= 0.6 is 0 Å². The highest BCUT2D eigenvalue weighted by Crippen LogP contribution is 2.65. The van der Waals surface area contributed by atoms with Gasteiger partial charge in [0.1, 0.15) is 6.61 Å². The number of hydrogen-bond donors (Lipinski definition) is 1. The SMILES string of the molecule is CC1=C2C[C@H]3[C@@H](CCC4CC(=N)CCC43C)[C@@H]2CC[C@@]2(C1)O[C@@H]1C[C@H](C)CN(C(=O)OCc3ccccc3)[C@H]1[C@H]2C. The number of hydrogen-bond acceptors (Lipinski definition) is 4. The molecular formula is C36H50N2O3. The fraction of sp³-hybridized carbons (Fsp3) is 0.722. The van der Waals surface area contributed by atoms with Gasteiger partial charge in [0, 0.05) is 18.2 Å². The van der Waals surface area contributed by atoms with E-state index in [4.69, 9.17) is 14.9 Å². The smallest absolute Gasteiger partial charge is 0.410 e. The van der Waals surface area contributed by atoms with Crippen molar-refractivity contribution < 1.29 is 14.3 Å². The van der Waals surface area contributed by atoms with E-state index in [0.29, 0.717) is 23.9 Å². The number of amides is 1. The van der Waals surface area contributed by atoms with Gasteiger partial charge in [0.15, 0.2) is 0 Å². The Morgan fingerprint density at radius 1 is 1.12 bits per heavy atom. The predicted octanol–water partition coefficient (Wildman–Crippen LogP) is 8.18. The topological polar surface area (TPSA) is 62.6 Å². The number of rotatable bonds is 2. The van der Waals surface area contributed by atoms with E-state index in [2.05, 4.69) is 27.7 Å². The van der Waals surface area contributed by atoms with E-state index >= 15 is 0 Å². The Hall–Kier alpha value is -2.14. The number of nitrogens with zero attached hydrogens (tertiary/aromatic N) is 1. The second kappa shape index (κ2) is 10.2. The number of likely N-dealkylation sites (tertiary alicyclic amines) is 1. The lowest BCUT2D eigenvalue weighted by Crippen LogP contribution is -2.54. The molecule has 3 saturated carbocycles. The molecule has 1 aromatic carbocycles. The molecule has 7 rings (SSSR count). The quantitative estimate of drug-likeness (QED) is 0.372. The summed E-state index contributed by atoms with van der Waals surface area (Å²) in [7, 11) is 0. The first-order chi connectivity index (χ1) is 19.7. The zero-order valence-electron chi connectivity index (χ0n) is 25.7. The van der Waals surface area contributed by atoms with Gasteiger partial charge in [-0.05, 0) is 112 Å². The molecule has 2 aliphatic heterocycles. The molecule has 0 radical (unpaired) electrons. The molecule has 6 aliphatic rings. The first kappa shape index (κ1) is 27.7. The van der Waals surface area contributed by atoms with Crippen LogP contribution in [0.15, 0.2) is 41.5 Å². The van der Waals surface area contributed by atoms with Crippen molar-refractivity contribution in [2.75, 3.05) is 6.54 Å². The van der Waals surface area contributed by atoms with Crippen LogP contribution in [-0.2, 0) is 16.1 Å². The highest BCUT2D eigenvalue weighted by Gasteiger charge is 2.60. The van der Waals surface area contributed by atoms with E-state index in [1.807, 2.05) is 35.2 Å². The molecule has 2 saturated heterocycles. The largest absolute Gasteiger partial charge is 0.445 e. The van der Waals surface area contributed by atoms with Crippen molar-refractivity contribution in [3.63, 3.8) is 0 Å². The molecule has 222 valence electrons. The Balaban J connectivity index is 1.11. The van der Waals surface area contributed by atoms with Crippen LogP contribution in [0.4, 0.5) is 4.79 Å². The third kappa shape index (κ3) is 4.51. The lowest BCUT2D eigenvalue weighted by atomic mass is 9.52. The summed E-state index contributed by atoms with van der Waals surface area (Å²) in [6.07, 6.45) is 11.5. The molecule has 1 aromatic rings. The van der Waals surface area contributed by atoms with Crippen LogP contribution in [0.25, 0.3) is 0 Å². The van der Waals surface area contributed by atoms with Crippen molar-refractivity contribution in [1.29, 1.82) is 5.41 Å². The lowest BCUT2D eigenvalue weighted by Gasteiger charge is -2.52. The van der Waals surface area contributed by atoms with Crippen LogP contribution in [-0.4, -0.2) is 41.0 Å². The molecule has 4 aliphatic carbocycles. The standard InChI is InChI=1S/C36H50N2O3/c1-22-16-32-33(38(20-22)34(39)40-21-25-8-6-5-7-9-25)24(3)36(41-32)15-13-28-29-11-10-26-17-27(37)12-14-35(26,4)31(29)18-30(28)23(2)19-36/h5-9,22,24,26,28-29,31-33,37H,10-21H2,1-4H3/t22-,24+,26?,28-,29-,31-,32+,33-,35?,36-/m0/s1. The van der Waals surface area contributed by atoms with Crippen molar-refractivity contribution in [3.05, 3.63) is 47.0 Å². The molecule has 1 N–H and O–H groups in total. The predicted molar refractivity (Wildman–Crippen MR) is 162 cm³/mol. The zero-order valence-corrected chi connectivity index (χ0v) is 25.7. The maximum atomic E-state index is 13.5. The number of allylic oxidation sites excluding steroid dienone is 1. The molecule has 2 unspecified atom stereocenters. The summed E-state index contributed by atoms with van der Waals surface area (Å²) < 4.78 is 13.1. The molecule has 5 fully saturated rings. The Morgan fingerprint density at radius 3 is 2.73 bits per heavy atom. The summed E-state index contributed by atoms with van der Waals surface area (Å²) in [5, 5.41) is 8.35. The average Bonchev–Trinajstić information content (AvgIpc) is 3.42. The molecule has 10 atom stereocenters. The third-order valence-electron chi connectivity index (χ3n) is 13.1. The number of piperidine rings is 1. The number of carbonyl (C=O) groups excluding carboxylic acids is 1. The van der Waals surface area contributed by atoms with Crippen molar-refractivity contribution in [2.24, 2.45) is 40.9 Å². The van der Waals surface area contributed by atoms with Gasteiger partial charge in [-0.3, -0.25) is 0 Å². The summed E-state index contributed by atoms with van der Waals surface area (Å²) in [6.45, 7) is 10.7. The van der Waals surface area contributed by atoms with Gasteiger partial charge in [0.2, 0.25) is 0 Å². The average molecular weight is 559 g/mol. The zero-order chi connectivity index (χ0) is 28.5. The van der Waals surface area contributed by atoms with Crippen molar-refractivity contribution >= 4 is 11.8 Å². The van der Waals surface area contributed by atoms with Crippen molar-refractivity contribution in [1.82, 2.24) is 4.90 Å². The number of nitrogens with one attached hydrogen (secondary N) is 1. The van der Waals surface area contributed by atoms with E-state index in [0.717, 1.165) is 67.7 Å². The van der Waals surface area contributed by atoms with E-state index in [9.17, 15) is 4.79 Å². The number of ether oxygens (including phenoxy) is 2. The van der Waals surface area contributed by atoms with Crippen LogP contribution in [0.3, 0.4) is 0 Å². The van der Waals surface area contributed by atoms with E-state index in [1.54, 1.807) is 11.1 Å². The Kier molecular flexibility index (Phi) is 6.92. The maximum absolute atomic E-state index is 13.5. The fourth-order valence-electron chi connectivity index (χ4n) is 10.9. The highest BCUT2D eigenvalue weighted by atomic mass is 16.6. The molecule has 5 nitrogen and oxygen atoms in total. The number of carbonyl (C=O) groups is 1. The van der Waals surface area contributed by atoms with Gasteiger partial charge in [0.25, 0.3) is 0 Å². The number of fused-ring (bicyclic) bond motifs is 6. The number of benzene rings is 1. The first-order valence-corrected chi connectivity index (χ1v) is 16.6. The van der Waals surface area contributed by atoms with E-state index < -0.39 is 0 Å². The molecular weight excluding hydrogens is 508 g/mol. The molecule has 1 spiro atoms. The van der Waals surface area contributed by atoms with Crippen LogP contribution in [0.5, 0.6) is 0 Å². The summed E-state index contributed by atoms with van der Waals surface area (Å²) in [5.74, 6) is 3.69. The molecule has 1 amide bonds. The van der Waals surface area contributed by atoms with Crippen molar-refractivity contribution in [3.8, 4) is 0 Å². The summed E-state index contributed by atoms with van der Waals surface area (Å²) in [5.41, 5.74) is 5.60. The van der Waals surface area contributed by atoms with Crippen LogP contribution in [0.1, 0.15) is 97.5 Å². The van der Waals surface area contributed by atoms with Gasteiger partial charge in [-0.25, -0.2) is 4.79 Å². The Bertz CT molecular complexity index is 1230. The molecule has 41 heavy (non-hydrogen) atoms. The highest BCUT2D eigenvalue weighted by molar-refractivity contribution is 5.82. The molecule has 0 bridgehead atoms. The minimum atomic E-state index is -0.185. The molecule has 5 heteroatoms. The monoisotopic (exact) mass is 558 g/mol. The van der Waals surface area contributed by atoms with Gasteiger partial charge in [-0.2, -0.15) is 0 Å². The van der Waals surface area contributed by atoms with Crippen LogP contribution in [0, 0.1) is 46.3 Å². The normalized spacial score (nSPS) is 43.7. The fourth-order valence-corrected chi connectivity index (χ4v) is 10.9. The summed E-state index contributed by atoms with van der Waals surface area (Å²) in [4.78, 5) is 15.6. The summed E-state index contributed by atoms with van der Waals surface area (Å²) >= 11 is 0. The van der Waals surface area contributed by atoms with Crippen molar-refractivity contribution in [2.45, 2.75) is 116 Å². The Labute approximate surface area is 246 Å². The second-order valence-electron chi connectivity index (χ2n) is 15.2. The van der Waals surface area contributed by atoms with Gasteiger partial charge in [-0.1, -0.05) is 62.2 Å². The third-order valence-corrected chi connectivity index (χ3v) is 13.1. The minimum Gasteiger partial charge on any atom is -0.445 e. The van der Waals surface area contributed by atoms with Gasteiger partial charge < -0.3 is 19.8 Å². The molecule has 2 heterocycles. The van der Waals surface area contributed by atoms with Gasteiger partial charge in [0.05, 0.1) is 17.7 Å². The lowest BCUT2D eigenvalue weighted by molar-refractivity contribution is -0.0794. The minimum absolute atomic E-state index is 0.0878. The van der Waals surface area contributed by atoms with E-state index in [1.165, 1.54) is 32.1 Å². The second-order valence-corrected chi connectivity index (χ2v) is 15.2. The summed E-state index contributed by atoms with van der Waals surface area (Å²) in [6, 6.07) is 10.1. The van der Waals surface area contributed by atoms with E-state index in [-0.39, 0.29) is 29.8 Å². The van der Waals surface area contributed by atoms with Gasteiger partial charge in [-0.15, -0.1) is 0 Å². The first-order valence-electron chi connectivity index (χ1n) is 16.6. The van der Waals surface area contributed by atoms with Crippen LogP contribution < -0.4 is 0 Å². The maximum Gasteiger partial charge on any atom is 0.410 e. The van der Waals surface area contributed by atoms with Gasteiger partial charge >= 0.3 is 6.09 Å². The molecule has 0 aromatic heterocycles.